The largest absolute Gasteiger partial charge is 0.476 e. The molecule has 1 aliphatic heterocycles. The summed E-state index contributed by atoms with van der Waals surface area (Å²) >= 11 is 1.09. The Labute approximate surface area is 171 Å². The van der Waals surface area contributed by atoms with Gasteiger partial charge in [-0.2, -0.15) is 0 Å². The van der Waals surface area contributed by atoms with E-state index in [1.807, 2.05) is 0 Å². The molecule has 10 heteroatoms. The molecule has 8 nitrogen and oxygen atoms in total. The van der Waals surface area contributed by atoms with Crippen molar-refractivity contribution in [1.29, 1.82) is 0 Å². The molecule has 2 heterocycles. The van der Waals surface area contributed by atoms with Gasteiger partial charge < -0.3 is 14.6 Å². The summed E-state index contributed by atoms with van der Waals surface area (Å²) in [5.41, 5.74) is 1.71. The molecule has 3 aromatic rings. The van der Waals surface area contributed by atoms with Crippen molar-refractivity contribution in [3.8, 4) is 5.75 Å². The van der Waals surface area contributed by atoms with Crippen LogP contribution in [0, 0.1) is 0 Å². The number of carbonyl (C=O) groups excluding carboxylic acids is 1. The van der Waals surface area contributed by atoms with Crippen LogP contribution in [0.15, 0.2) is 47.3 Å². The number of benzene rings is 2. The lowest BCUT2D eigenvalue weighted by Crippen LogP contribution is -2.49. The summed E-state index contributed by atoms with van der Waals surface area (Å²) in [7, 11) is -1.88. The zero-order chi connectivity index (χ0) is 20.8. The monoisotopic (exact) mass is 433 g/mol. The molecule has 152 valence electrons. The molecule has 1 unspecified atom stereocenters. The molecular weight excluding hydrogens is 414 g/mol. The van der Waals surface area contributed by atoms with Crippen LogP contribution in [0.25, 0.3) is 10.2 Å². The lowest BCUT2D eigenvalue weighted by atomic mass is 10.2. The number of thiazole rings is 1. The van der Waals surface area contributed by atoms with E-state index in [-0.39, 0.29) is 17.2 Å². The first-order chi connectivity index (χ1) is 13.8. The lowest BCUT2D eigenvalue weighted by molar-refractivity contribution is -0.122. The summed E-state index contributed by atoms with van der Waals surface area (Å²) < 4.78 is 34.4. The minimum Gasteiger partial charge on any atom is -0.476 e. The molecule has 1 N–H and O–H groups in total. The van der Waals surface area contributed by atoms with E-state index >= 15 is 0 Å². The van der Waals surface area contributed by atoms with Gasteiger partial charge in [-0.15, -0.1) is 0 Å². The Bertz CT molecular complexity index is 1260. The number of nitrogens with one attached hydrogen (secondary N) is 1. The van der Waals surface area contributed by atoms with Crippen molar-refractivity contribution in [2.45, 2.75) is 13.0 Å². The normalized spacial score (nSPS) is 16.3. The van der Waals surface area contributed by atoms with E-state index in [4.69, 9.17) is 4.74 Å². The standard InChI is InChI=1S/C19H19N3O5S2/c1-3-29(25,26)22-11-16(27-15-7-5-4-6-13(15)22)18(23)20-12-8-9-14-17(10-12)28-19(24)21(14)2/h4-10,16H,3,11H2,1-2H3,(H,20,23). The zero-order valence-electron chi connectivity index (χ0n) is 15.8. The van der Waals surface area contributed by atoms with Gasteiger partial charge in [0.25, 0.3) is 5.91 Å². The van der Waals surface area contributed by atoms with Crippen molar-refractivity contribution < 1.29 is 17.9 Å². The number of hydrogen-bond donors (Lipinski definition) is 1. The summed E-state index contributed by atoms with van der Waals surface area (Å²) in [4.78, 5) is 24.5. The van der Waals surface area contributed by atoms with Gasteiger partial charge in [-0.25, -0.2) is 8.42 Å². The SMILES string of the molecule is CCS(=O)(=O)N1CC(C(=O)Nc2ccc3c(c2)sc(=O)n3C)Oc2ccccc21. The first kappa shape index (κ1) is 19.5. The van der Waals surface area contributed by atoms with Crippen molar-refractivity contribution in [2.24, 2.45) is 7.05 Å². The fourth-order valence-corrected chi connectivity index (χ4v) is 5.24. The summed E-state index contributed by atoms with van der Waals surface area (Å²) in [5.74, 6) is -0.203. The summed E-state index contributed by atoms with van der Waals surface area (Å²) in [5, 5.41) is 2.76. The molecule has 29 heavy (non-hydrogen) atoms. The number of amides is 1. The van der Waals surface area contributed by atoms with Crippen LogP contribution >= 0.6 is 11.3 Å². The van der Waals surface area contributed by atoms with Crippen molar-refractivity contribution in [3.05, 3.63) is 52.1 Å². The number of carbonyl (C=O) groups is 1. The van der Waals surface area contributed by atoms with Gasteiger partial charge in [0.05, 0.1) is 28.2 Å². The molecule has 1 amide bonds. The number of fused-ring (bicyclic) bond motifs is 2. The maximum absolute atomic E-state index is 12.8. The van der Waals surface area contributed by atoms with Crippen LogP contribution in [0.1, 0.15) is 6.92 Å². The molecule has 0 saturated carbocycles. The number of hydrogen-bond acceptors (Lipinski definition) is 6. The summed E-state index contributed by atoms with van der Waals surface area (Å²) in [6.07, 6.45) is -1.00. The number of para-hydroxylation sites is 2. The highest BCUT2D eigenvalue weighted by Crippen LogP contribution is 2.35. The number of aromatic nitrogens is 1. The molecule has 1 aromatic heterocycles. The van der Waals surface area contributed by atoms with E-state index < -0.39 is 22.0 Å². The van der Waals surface area contributed by atoms with E-state index in [2.05, 4.69) is 5.32 Å². The number of ether oxygens (including phenoxy) is 1. The maximum Gasteiger partial charge on any atom is 0.307 e. The van der Waals surface area contributed by atoms with E-state index in [0.29, 0.717) is 17.1 Å². The highest BCUT2D eigenvalue weighted by Gasteiger charge is 2.35. The highest BCUT2D eigenvalue weighted by molar-refractivity contribution is 7.92. The van der Waals surface area contributed by atoms with Gasteiger partial charge in [-0.05, 0) is 37.3 Å². The van der Waals surface area contributed by atoms with Gasteiger partial charge in [-0.3, -0.25) is 13.9 Å². The van der Waals surface area contributed by atoms with Gasteiger partial charge >= 0.3 is 4.87 Å². The van der Waals surface area contributed by atoms with Gasteiger partial charge in [0.1, 0.15) is 5.75 Å². The van der Waals surface area contributed by atoms with E-state index in [0.717, 1.165) is 21.6 Å². The second kappa shape index (κ2) is 7.20. The van der Waals surface area contributed by atoms with Crippen molar-refractivity contribution in [1.82, 2.24) is 4.57 Å². The van der Waals surface area contributed by atoms with Gasteiger partial charge in [0.2, 0.25) is 10.0 Å². The Morgan fingerprint density at radius 2 is 2.03 bits per heavy atom. The third-order valence-electron chi connectivity index (χ3n) is 4.79. The van der Waals surface area contributed by atoms with Crippen LogP contribution in [-0.4, -0.2) is 37.3 Å². The predicted octanol–water partition coefficient (Wildman–Crippen LogP) is 2.16. The van der Waals surface area contributed by atoms with Gasteiger partial charge in [-0.1, -0.05) is 23.5 Å². The van der Waals surface area contributed by atoms with Crippen LogP contribution in [-0.2, 0) is 21.9 Å². The second-order valence-electron chi connectivity index (χ2n) is 6.60. The Morgan fingerprint density at radius 1 is 1.28 bits per heavy atom. The number of anilines is 2. The predicted molar refractivity (Wildman–Crippen MR) is 113 cm³/mol. The zero-order valence-corrected chi connectivity index (χ0v) is 17.4. The van der Waals surface area contributed by atoms with Crippen LogP contribution in [0.3, 0.4) is 0 Å². The minimum atomic E-state index is -3.57. The highest BCUT2D eigenvalue weighted by atomic mass is 32.2. The van der Waals surface area contributed by atoms with Gasteiger partial charge in [0, 0.05) is 12.7 Å². The number of rotatable bonds is 4. The average molecular weight is 434 g/mol. The van der Waals surface area contributed by atoms with Crippen molar-refractivity contribution >= 4 is 48.9 Å². The average Bonchev–Trinajstić information content (AvgIpc) is 3.00. The van der Waals surface area contributed by atoms with E-state index in [1.54, 1.807) is 61.0 Å². The topological polar surface area (TPSA) is 97.7 Å². The maximum atomic E-state index is 12.8. The van der Waals surface area contributed by atoms with Gasteiger partial charge in [0.15, 0.2) is 6.10 Å². The molecule has 0 radical (unpaired) electrons. The number of aryl methyl sites for hydroxylation is 1. The Morgan fingerprint density at radius 3 is 2.79 bits per heavy atom. The second-order valence-corrected chi connectivity index (χ2v) is 9.78. The molecule has 1 aliphatic rings. The lowest BCUT2D eigenvalue weighted by Gasteiger charge is -2.34. The van der Waals surface area contributed by atoms with Crippen LogP contribution in [0.5, 0.6) is 5.75 Å². The molecule has 1 atom stereocenters. The van der Waals surface area contributed by atoms with E-state index in [9.17, 15) is 18.0 Å². The Balaban J connectivity index is 1.61. The molecule has 0 bridgehead atoms. The van der Waals surface area contributed by atoms with Crippen molar-refractivity contribution in [3.63, 3.8) is 0 Å². The molecule has 0 aliphatic carbocycles. The van der Waals surface area contributed by atoms with Crippen LogP contribution in [0.2, 0.25) is 0 Å². The number of sulfonamides is 1. The number of nitrogens with zero attached hydrogens (tertiary/aromatic N) is 2. The smallest absolute Gasteiger partial charge is 0.307 e. The van der Waals surface area contributed by atoms with Crippen LogP contribution in [0.4, 0.5) is 11.4 Å². The molecule has 2 aromatic carbocycles. The fourth-order valence-electron chi connectivity index (χ4n) is 3.19. The Hall–Kier alpha value is -2.85. The molecule has 0 spiro atoms. The molecule has 4 rings (SSSR count). The fraction of sp³-hybridized carbons (Fsp3) is 0.263. The minimum absolute atomic E-state index is 0.0841. The quantitative estimate of drug-likeness (QED) is 0.680. The van der Waals surface area contributed by atoms with Crippen molar-refractivity contribution in [2.75, 3.05) is 21.9 Å². The summed E-state index contributed by atoms with van der Waals surface area (Å²) in [6.45, 7) is 1.45. The third kappa shape index (κ3) is 3.49. The Kier molecular flexibility index (Phi) is 4.83. The summed E-state index contributed by atoms with van der Waals surface area (Å²) in [6, 6.07) is 11.9. The third-order valence-corrected chi connectivity index (χ3v) is 7.53. The van der Waals surface area contributed by atoms with E-state index in [1.165, 1.54) is 4.31 Å². The molecular formula is C19H19N3O5S2. The first-order valence-corrected chi connectivity index (χ1v) is 11.4. The molecule has 0 fully saturated rings. The van der Waals surface area contributed by atoms with Crippen LogP contribution < -0.4 is 19.2 Å². The molecule has 0 saturated heterocycles. The first-order valence-electron chi connectivity index (χ1n) is 8.96.